The molecule has 1 aliphatic heterocycles. The summed E-state index contributed by atoms with van der Waals surface area (Å²) in [6, 6.07) is 11.5. The number of Topliss-reactive ketones (excluding diaryl/α,β-unsaturated/α-hetero) is 1. The summed E-state index contributed by atoms with van der Waals surface area (Å²) in [7, 11) is 0. The van der Waals surface area contributed by atoms with Gasteiger partial charge in [-0.15, -0.1) is 11.8 Å². The molecule has 1 heterocycles. The fraction of sp³-hybridized carbons (Fsp3) is 0.188. The molecular formula is C16H13FO3S. The van der Waals surface area contributed by atoms with Gasteiger partial charge in [0.15, 0.2) is 17.3 Å². The third-order valence-electron chi connectivity index (χ3n) is 3.11. The standard InChI is InChI=1S/C16H13FO3S/c17-12-2-4-13(5-3-12)21-8-7-14(18)11-1-6-15-16(9-11)20-10-19-15/h1-6,9H,7-8,10H2. The third kappa shape index (κ3) is 3.36. The van der Waals surface area contributed by atoms with Gasteiger partial charge in [-0.25, -0.2) is 4.39 Å². The Bertz CT molecular complexity index is 655. The smallest absolute Gasteiger partial charge is 0.231 e. The number of ether oxygens (including phenoxy) is 2. The van der Waals surface area contributed by atoms with E-state index in [0.717, 1.165) is 4.90 Å². The molecule has 0 unspecified atom stereocenters. The van der Waals surface area contributed by atoms with Gasteiger partial charge in [0.05, 0.1) is 0 Å². The van der Waals surface area contributed by atoms with Crippen molar-refractivity contribution in [2.45, 2.75) is 11.3 Å². The number of benzene rings is 2. The van der Waals surface area contributed by atoms with E-state index < -0.39 is 0 Å². The molecule has 108 valence electrons. The zero-order valence-electron chi connectivity index (χ0n) is 11.2. The van der Waals surface area contributed by atoms with E-state index in [4.69, 9.17) is 9.47 Å². The highest BCUT2D eigenvalue weighted by atomic mass is 32.2. The van der Waals surface area contributed by atoms with Crippen molar-refractivity contribution in [1.82, 2.24) is 0 Å². The number of halogens is 1. The van der Waals surface area contributed by atoms with Crippen molar-refractivity contribution in [3.8, 4) is 11.5 Å². The number of rotatable bonds is 5. The lowest BCUT2D eigenvalue weighted by Crippen LogP contribution is -2.00. The Labute approximate surface area is 126 Å². The van der Waals surface area contributed by atoms with E-state index in [0.29, 0.717) is 29.2 Å². The van der Waals surface area contributed by atoms with Crippen molar-refractivity contribution in [2.24, 2.45) is 0 Å². The number of thioether (sulfide) groups is 1. The first-order chi connectivity index (χ1) is 10.2. The van der Waals surface area contributed by atoms with E-state index in [1.54, 1.807) is 30.3 Å². The highest BCUT2D eigenvalue weighted by Gasteiger charge is 2.16. The highest BCUT2D eigenvalue weighted by molar-refractivity contribution is 7.99. The number of carbonyl (C=O) groups is 1. The molecule has 0 saturated carbocycles. The van der Waals surface area contributed by atoms with Crippen LogP contribution in [0.5, 0.6) is 11.5 Å². The fourth-order valence-electron chi connectivity index (χ4n) is 2.01. The average molecular weight is 304 g/mol. The Kier molecular flexibility index (Phi) is 4.10. The summed E-state index contributed by atoms with van der Waals surface area (Å²) in [6.45, 7) is 0.202. The normalized spacial score (nSPS) is 12.4. The van der Waals surface area contributed by atoms with Gasteiger partial charge < -0.3 is 9.47 Å². The summed E-state index contributed by atoms with van der Waals surface area (Å²) >= 11 is 1.53. The minimum atomic E-state index is -0.254. The van der Waals surface area contributed by atoms with Crippen molar-refractivity contribution < 1.29 is 18.7 Å². The van der Waals surface area contributed by atoms with Crippen LogP contribution in [0.2, 0.25) is 0 Å². The molecule has 0 aliphatic carbocycles. The largest absolute Gasteiger partial charge is 0.454 e. The van der Waals surface area contributed by atoms with Gasteiger partial charge in [0.1, 0.15) is 5.82 Å². The Hall–Kier alpha value is -2.01. The average Bonchev–Trinajstić information content (AvgIpc) is 2.96. The van der Waals surface area contributed by atoms with Gasteiger partial charge in [-0.3, -0.25) is 4.79 Å². The zero-order valence-corrected chi connectivity index (χ0v) is 12.0. The summed E-state index contributed by atoms with van der Waals surface area (Å²) in [6.07, 6.45) is 0.418. The van der Waals surface area contributed by atoms with E-state index in [9.17, 15) is 9.18 Å². The van der Waals surface area contributed by atoms with Crippen LogP contribution >= 0.6 is 11.8 Å². The van der Waals surface area contributed by atoms with E-state index in [-0.39, 0.29) is 18.4 Å². The van der Waals surface area contributed by atoms with Crippen molar-refractivity contribution in [1.29, 1.82) is 0 Å². The van der Waals surface area contributed by atoms with Crippen LogP contribution in [-0.4, -0.2) is 18.3 Å². The topological polar surface area (TPSA) is 35.5 Å². The van der Waals surface area contributed by atoms with Gasteiger partial charge in [0.25, 0.3) is 0 Å². The molecule has 0 bridgehead atoms. The van der Waals surface area contributed by atoms with Crippen molar-refractivity contribution >= 4 is 17.5 Å². The maximum absolute atomic E-state index is 12.8. The van der Waals surface area contributed by atoms with Crippen LogP contribution in [0.4, 0.5) is 4.39 Å². The lowest BCUT2D eigenvalue weighted by atomic mass is 10.1. The molecule has 2 aromatic carbocycles. The van der Waals surface area contributed by atoms with Crippen LogP contribution in [0.1, 0.15) is 16.8 Å². The Morgan fingerprint density at radius 3 is 2.67 bits per heavy atom. The summed E-state index contributed by atoms with van der Waals surface area (Å²) in [5.74, 6) is 1.75. The molecule has 21 heavy (non-hydrogen) atoms. The SMILES string of the molecule is O=C(CCSc1ccc(F)cc1)c1ccc2c(c1)OCO2. The van der Waals surface area contributed by atoms with E-state index in [2.05, 4.69) is 0 Å². The monoisotopic (exact) mass is 304 g/mol. The predicted molar refractivity (Wildman–Crippen MR) is 78.6 cm³/mol. The minimum Gasteiger partial charge on any atom is -0.454 e. The molecule has 0 spiro atoms. The van der Waals surface area contributed by atoms with Crippen LogP contribution < -0.4 is 9.47 Å². The molecule has 1 aliphatic rings. The molecule has 0 aromatic heterocycles. The summed E-state index contributed by atoms with van der Waals surface area (Å²) in [5, 5.41) is 0. The number of carbonyl (C=O) groups excluding carboxylic acids is 1. The molecule has 2 aromatic rings. The Morgan fingerprint density at radius 1 is 1.10 bits per heavy atom. The molecule has 0 atom stereocenters. The van der Waals surface area contributed by atoms with Gasteiger partial charge in [-0.05, 0) is 42.5 Å². The maximum atomic E-state index is 12.8. The molecule has 3 nitrogen and oxygen atoms in total. The zero-order chi connectivity index (χ0) is 14.7. The quantitative estimate of drug-likeness (QED) is 0.619. The summed E-state index contributed by atoms with van der Waals surface area (Å²) in [4.78, 5) is 13.1. The third-order valence-corrected chi connectivity index (χ3v) is 4.12. The maximum Gasteiger partial charge on any atom is 0.231 e. The van der Waals surface area contributed by atoms with Crippen LogP contribution in [0, 0.1) is 5.82 Å². The number of ketones is 1. The van der Waals surface area contributed by atoms with Gasteiger partial charge in [0.2, 0.25) is 6.79 Å². The molecule has 0 fully saturated rings. The second kappa shape index (κ2) is 6.18. The molecule has 5 heteroatoms. The Morgan fingerprint density at radius 2 is 1.86 bits per heavy atom. The molecule has 0 N–H and O–H groups in total. The number of hydrogen-bond acceptors (Lipinski definition) is 4. The second-order valence-electron chi connectivity index (χ2n) is 4.54. The van der Waals surface area contributed by atoms with Crippen molar-refractivity contribution in [2.75, 3.05) is 12.5 Å². The summed E-state index contributed by atoms with van der Waals surface area (Å²) < 4.78 is 23.3. The molecular weight excluding hydrogens is 291 g/mol. The molecule has 3 rings (SSSR count). The van der Waals surface area contributed by atoms with Crippen LogP contribution in [-0.2, 0) is 0 Å². The van der Waals surface area contributed by atoms with Crippen LogP contribution in [0.15, 0.2) is 47.4 Å². The van der Waals surface area contributed by atoms with Gasteiger partial charge >= 0.3 is 0 Å². The van der Waals surface area contributed by atoms with E-state index in [1.807, 2.05) is 0 Å². The highest BCUT2D eigenvalue weighted by Crippen LogP contribution is 2.33. The van der Waals surface area contributed by atoms with Crippen molar-refractivity contribution in [3.05, 3.63) is 53.8 Å². The lowest BCUT2D eigenvalue weighted by molar-refractivity contribution is 0.0989. The first kappa shape index (κ1) is 13.9. The first-order valence-corrected chi connectivity index (χ1v) is 7.52. The number of hydrogen-bond donors (Lipinski definition) is 0. The minimum absolute atomic E-state index is 0.0583. The van der Waals surface area contributed by atoms with Crippen LogP contribution in [0.25, 0.3) is 0 Å². The fourth-order valence-corrected chi connectivity index (χ4v) is 2.86. The predicted octanol–water partition coefficient (Wildman–Crippen LogP) is 3.92. The van der Waals surface area contributed by atoms with Crippen molar-refractivity contribution in [3.63, 3.8) is 0 Å². The van der Waals surface area contributed by atoms with Gasteiger partial charge in [-0.2, -0.15) is 0 Å². The van der Waals surface area contributed by atoms with Gasteiger partial charge in [0, 0.05) is 22.6 Å². The second-order valence-corrected chi connectivity index (χ2v) is 5.71. The first-order valence-electron chi connectivity index (χ1n) is 6.53. The molecule has 0 amide bonds. The van der Waals surface area contributed by atoms with E-state index in [1.165, 1.54) is 23.9 Å². The number of fused-ring (bicyclic) bond motifs is 1. The van der Waals surface area contributed by atoms with Crippen LogP contribution in [0.3, 0.4) is 0 Å². The summed E-state index contributed by atoms with van der Waals surface area (Å²) in [5.41, 5.74) is 0.624. The molecule has 0 radical (unpaired) electrons. The molecule has 0 saturated heterocycles. The lowest BCUT2D eigenvalue weighted by Gasteiger charge is -2.03. The Balaban J connectivity index is 1.55. The van der Waals surface area contributed by atoms with Gasteiger partial charge in [-0.1, -0.05) is 0 Å². The van der Waals surface area contributed by atoms with E-state index >= 15 is 0 Å².